The Balaban J connectivity index is 2.06. The van der Waals surface area contributed by atoms with E-state index >= 15 is 0 Å². The highest BCUT2D eigenvalue weighted by atomic mass is 79.9. The van der Waals surface area contributed by atoms with Gasteiger partial charge in [-0.05, 0) is 22.4 Å². The molecule has 3 nitrogen and oxygen atoms in total. The van der Waals surface area contributed by atoms with E-state index in [0.717, 1.165) is 24.0 Å². The number of nitrogens with zero attached hydrogens (tertiary/aromatic N) is 3. The first-order chi connectivity index (χ1) is 6.79. The molecule has 0 bridgehead atoms. The van der Waals surface area contributed by atoms with Crippen molar-refractivity contribution < 1.29 is 4.39 Å². The first-order valence-corrected chi connectivity index (χ1v) is 5.37. The molecule has 1 aromatic heterocycles. The smallest absolute Gasteiger partial charge is 0.225 e. The zero-order chi connectivity index (χ0) is 9.97. The fraction of sp³-hybridized carbons (Fsp3) is 0.556. The van der Waals surface area contributed by atoms with E-state index in [0.29, 0.717) is 5.95 Å². The molecule has 0 spiro atoms. The van der Waals surface area contributed by atoms with Crippen LogP contribution in [0.25, 0.3) is 0 Å². The number of rotatable bonds is 2. The van der Waals surface area contributed by atoms with E-state index in [-0.39, 0.29) is 12.6 Å². The Bertz CT molecular complexity index is 303. The summed E-state index contributed by atoms with van der Waals surface area (Å²) in [5.41, 5.74) is 0. The van der Waals surface area contributed by atoms with Crippen molar-refractivity contribution in [3.8, 4) is 0 Å². The Morgan fingerprint density at radius 1 is 1.50 bits per heavy atom. The third kappa shape index (κ3) is 2.03. The maximum Gasteiger partial charge on any atom is 0.225 e. The van der Waals surface area contributed by atoms with Crippen LogP contribution in [0.2, 0.25) is 0 Å². The molecule has 2 rings (SSSR count). The molecule has 0 aromatic carbocycles. The van der Waals surface area contributed by atoms with Crippen LogP contribution >= 0.6 is 15.9 Å². The van der Waals surface area contributed by atoms with Crippen molar-refractivity contribution in [2.45, 2.75) is 6.42 Å². The lowest BCUT2D eigenvalue weighted by Crippen LogP contribution is -2.22. The van der Waals surface area contributed by atoms with Gasteiger partial charge in [0.2, 0.25) is 5.95 Å². The second-order valence-corrected chi connectivity index (χ2v) is 4.37. The van der Waals surface area contributed by atoms with Gasteiger partial charge in [-0.15, -0.1) is 0 Å². The van der Waals surface area contributed by atoms with Crippen LogP contribution in [0, 0.1) is 5.92 Å². The van der Waals surface area contributed by atoms with Crippen LogP contribution in [0.5, 0.6) is 0 Å². The Morgan fingerprint density at radius 3 is 2.79 bits per heavy atom. The lowest BCUT2D eigenvalue weighted by atomic mass is 10.1. The molecule has 1 aromatic rings. The summed E-state index contributed by atoms with van der Waals surface area (Å²) >= 11 is 3.28. The lowest BCUT2D eigenvalue weighted by Gasteiger charge is -2.14. The van der Waals surface area contributed by atoms with Crippen molar-refractivity contribution in [1.29, 1.82) is 0 Å². The molecule has 76 valence electrons. The topological polar surface area (TPSA) is 29.0 Å². The molecule has 0 N–H and O–H groups in total. The van der Waals surface area contributed by atoms with Gasteiger partial charge in [0.15, 0.2) is 0 Å². The van der Waals surface area contributed by atoms with Crippen LogP contribution in [0.4, 0.5) is 10.3 Å². The number of hydrogen-bond donors (Lipinski definition) is 0. The lowest BCUT2D eigenvalue weighted by molar-refractivity contribution is 0.384. The molecule has 2 heterocycles. The fourth-order valence-electron chi connectivity index (χ4n) is 1.61. The third-order valence-corrected chi connectivity index (χ3v) is 2.80. The van der Waals surface area contributed by atoms with Gasteiger partial charge in [-0.1, -0.05) is 0 Å². The molecule has 0 radical (unpaired) electrons. The van der Waals surface area contributed by atoms with E-state index in [4.69, 9.17) is 0 Å². The zero-order valence-corrected chi connectivity index (χ0v) is 9.24. The Hall–Kier alpha value is -0.710. The van der Waals surface area contributed by atoms with Gasteiger partial charge in [0.1, 0.15) is 0 Å². The summed E-state index contributed by atoms with van der Waals surface area (Å²) in [4.78, 5) is 10.4. The first-order valence-electron chi connectivity index (χ1n) is 4.58. The van der Waals surface area contributed by atoms with Crippen LogP contribution in [0.15, 0.2) is 16.9 Å². The summed E-state index contributed by atoms with van der Waals surface area (Å²) in [5.74, 6) is 0.853. The Kier molecular flexibility index (Phi) is 2.96. The molecule has 14 heavy (non-hydrogen) atoms. The van der Waals surface area contributed by atoms with Crippen molar-refractivity contribution >= 4 is 21.9 Å². The van der Waals surface area contributed by atoms with E-state index in [1.165, 1.54) is 0 Å². The van der Waals surface area contributed by atoms with Crippen LogP contribution in [0.3, 0.4) is 0 Å². The molecule has 1 unspecified atom stereocenters. The second kappa shape index (κ2) is 4.21. The van der Waals surface area contributed by atoms with Crippen molar-refractivity contribution in [1.82, 2.24) is 9.97 Å². The zero-order valence-electron chi connectivity index (χ0n) is 7.66. The first kappa shape index (κ1) is 9.83. The highest BCUT2D eigenvalue weighted by Crippen LogP contribution is 2.21. The normalized spacial score (nSPS) is 21.6. The molecule has 5 heteroatoms. The summed E-state index contributed by atoms with van der Waals surface area (Å²) in [6, 6.07) is 0. The predicted octanol–water partition coefficient (Wildman–Crippen LogP) is 2.03. The highest BCUT2D eigenvalue weighted by molar-refractivity contribution is 9.10. The maximum absolute atomic E-state index is 12.4. The van der Waals surface area contributed by atoms with Gasteiger partial charge in [0.05, 0.1) is 11.1 Å². The van der Waals surface area contributed by atoms with Gasteiger partial charge >= 0.3 is 0 Å². The molecular weight excluding hydrogens is 249 g/mol. The summed E-state index contributed by atoms with van der Waals surface area (Å²) in [6.07, 6.45) is 4.33. The molecule has 0 aliphatic carbocycles. The van der Waals surface area contributed by atoms with Gasteiger partial charge < -0.3 is 4.90 Å². The minimum Gasteiger partial charge on any atom is -0.340 e. The third-order valence-electron chi connectivity index (χ3n) is 2.39. The second-order valence-electron chi connectivity index (χ2n) is 3.46. The van der Waals surface area contributed by atoms with E-state index in [2.05, 4.69) is 25.9 Å². The molecule has 1 fully saturated rings. The molecule has 1 saturated heterocycles. The van der Waals surface area contributed by atoms with Gasteiger partial charge in [0.25, 0.3) is 0 Å². The molecule has 1 aliphatic rings. The maximum atomic E-state index is 12.4. The van der Waals surface area contributed by atoms with E-state index in [1.54, 1.807) is 12.4 Å². The van der Waals surface area contributed by atoms with Crippen molar-refractivity contribution in [3.05, 3.63) is 16.9 Å². The number of anilines is 1. The Morgan fingerprint density at radius 2 is 2.21 bits per heavy atom. The number of halogens is 2. The largest absolute Gasteiger partial charge is 0.340 e. The Labute approximate surface area is 90.5 Å². The summed E-state index contributed by atoms with van der Waals surface area (Å²) < 4.78 is 13.2. The monoisotopic (exact) mass is 259 g/mol. The molecular formula is C9H11BrFN3. The van der Waals surface area contributed by atoms with Gasteiger partial charge in [-0.3, -0.25) is 4.39 Å². The van der Waals surface area contributed by atoms with Crippen LogP contribution in [-0.2, 0) is 0 Å². The van der Waals surface area contributed by atoms with Crippen LogP contribution in [0.1, 0.15) is 6.42 Å². The number of alkyl halides is 1. The van der Waals surface area contributed by atoms with E-state index in [9.17, 15) is 4.39 Å². The van der Waals surface area contributed by atoms with Crippen molar-refractivity contribution in [2.75, 3.05) is 24.7 Å². The minimum atomic E-state index is -0.243. The molecule has 0 saturated carbocycles. The number of hydrogen-bond acceptors (Lipinski definition) is 3. The van der Waals surface area contributed by atoms with Crippen LogP contribution < -0.4 is 4.90 Å². The summed E-state index contributed by atoms with van der Waals surface area (Å²) in [6.45, 7) is 1.35. The highest BCUT2D eigenvalue weighted by Gasteiger charge is 2.23. The average molecular weight is 260 g/mol. The van der Waals surface area contributed by atoms with Crippen molar-refractivity contribution in [3.63, 3.8) is 0 Å². The van der Waals surface area contributed by atoms with Gasteiger partial charge in [0, 0.05) is 31.4 Å². The average Bonchev–Trinajstić information content (AvgIpc) is 2.67. The van der Waals surface area contributed by atoms with Gasteiger partial charge in [-0.2, -0.15) is 0 Å². The molecule has 0 amide bonds. The fourth-order valence-corrected chi connectivity index (χ4v) is 1.81. The number of aromatic nitrogens is 2. The van der Waals surface area contributed by atoms with E-state index < -0.39 is 0 Å². The minimum absolute atomic E-state index is 0.155. The quantitative estimate of drug-likeness (QED) is 0.814. The molecule has 1 aliphatic heterocycles. The SMILES string of the molecule is FCC1CCN(c2ncc(Br)cn2)C1. The summed E-state index contributed by atoms with van der Waals surface area (Å²) in [7, 11) is 0. The van der Waals surface area contributed by atoms with Crippen molar-refractivity contribution in [2.24, 2.45) is 5.92 Å². The van der Waals surface area contributed by atoms with E-state index in [1.807, 2.05) is 4.90 Å². The predicted molar refractivity (Wildman–Crippen MR) is 56.0 cm³/mol. The summed E-state index contributed by atoms with van der Waals surface area (Å²) in [5, 5.41) is 0. The standard InChI is InChI=1S/C9H11BrFN3/c10-8-4-12-9(13-5-8)14-2-1-7(3-11)6-14/h4-5,7H,1-3,6H2. The molecule has 1 atom stereocenters. The van der Waals surface area contributed by atoms with Crippen LogP contribution in [-0.4, -0.2) is 29.7 Å². The van der Waals surface area contributed by atoms with Gasteiger partial charge in [-0.25, -0.2) is 9.97 Å².